The summed E-state index contributed by atoms with van der Waals surface area (Å²) >= 11 is 0. The van der Waals surface area contributed by atoms with Gasteiger partial charge in [0.15, 0.2) is 0 Å². The van der Waals surface area contributed by atoms with Gasteiger partial charge in [0.2, 0.25) is 5.91 Å². The van der Waals surface area contributed by atoms with Crippen molar-refractivity contribution < 1.29 is 24.4 Å². The molecule has 1 aromatic heterocycles. The number of hydrogen-bond acceptors (Lipinski definition) is 6. The van der Waals surface area contributed by atoms with Gasteiger partial charge in [0.25, 0.3) is 5.91 Å². The van der Waals surface area contributed by atoms with Gasteiger partial charge in [-0.25, -0.2) is 0 Å². The van der Waals surface area contributed by atoms with Crippen LogP contribution < -0.4 is 15.4 Å². The van der Waals surface area contributed by atoms with E-state index in [1.807, 2.05) is 0 Å². The van der Waals surface area contributed by atoms with Crippen molar-refractivity contribution in [3.05, 3.63) is 95.3 Å². The van der Waals surface area contributed by atoms with Gasteiger partial charge >= 0.3 is 7.12 Å². The molecule has 3 aromatic rings. The van der Waals surface area contributed by atoms with Crippen LogP contribution in [0.2, 0.25) is 0 Å². The second-order valence-corrected chi connectivity index (χ2v) is 7.69. The molecule has 0 aliphatic heterocycles. The van der Waals surface area contributed by atoms with Gasteiger partial charge in [-0.3, -0.25) is 14.6 Å². The Morgan fingerprint density at radius 3 is 2.26 bits per heavy atom. The molecule has 2 amide bonds. The molecule has 1 atom stereocenters. The maximum atomic E-state index is 12.4. The molecule has 0 radical (unpaired) electrons. The lowest BCUT2D eigenvalue weighted by Crippen LogP contribution is -2.38. The minimum Gasteiger partial charge on any atom is -0.497 e. The molecule has 3 rings (SSSR count). The molecule has 0 saturated heterocycles. The van der Waals surface area contributed by atoms with Crippen LogP contribution in [0.4, 0.5) is 0 Å². The van der Waals surface area contributed by atoms with Crippen LogP contribution >= 0.6 is 0 Å². The van der Waals surface area contributed by atoms with E-state index < -0.39 is 19.1 Å². The number of hydrogen-bond donors (Lipinski definition) is 4. The fraction of sp³-hybridized carbons (Fsp3) is 0.240. The Balaban J connectivity index is 0.000000430. The summed E-state index contributed by atoms with van der Waals surface area (Å²) in [5.41, 5.74) is 3.71. The number of aromatic nitrogens is 1. The molecule has 34 heavy (non-hydrogen) atoms. The minimum atomic E-state index is -1.64. The number of carbonyl (C=O) groups excluding carboxylic acids is 2. The molecule has 9 heteroatoms. The molecule has 0 fully saturated rings. The number of amides is 2. The number of nitrogens with one attached hydrogen (secondary N) is 2. The molecule has 2 aromatic carbocycles. The van der Waals surface area contributed by atoms with E-state index in [2.05, 4.69) is 53.7 Å². The second kappa shape index (κ2) is 13.8. The Hall–Kier alpha value is -3.69. The highest BCUT2D eigenvalue weighted by molar-refractivity contribution is 6.41. The van der Waals surface area contributed by atoms with Crippen LogP contribution in [0.5, 0.6) is 5.75 Å². The molecule has 8 nitrogen and oxygen atoms in total. The highest BCUT2D eigenvalue weighted by Crippen LogP contribution is 2.22. The highest BCUT2D eigenvalue weighted by Gasteiger charge is 2.21. The van der Waals surface area contributed by atoms with Crippen molar-refractivity contribution in [2.24, 2.45) is 0 Å². The van der Waals surface area contributed by atoms with Crippen molar-refractivity contribution in [2.75, 3.05) is 13.6 Å². The van der Waals surface area contributed by atoms with E-state index in [9.17, 15) is 9.59 Å². The number of ether oxygens (including phenoxy) is 1. The van der Waals surface area contributed by atoms with E-state index in [0.717, 1.165) is 0 Å². The van der Waals surface area contributed by atoms with Crippen molar-refractivity contribution in [3.8, 4) is 5.75 Å². The third-order valence-corrected chi connectivity index (χ3v) is 4.81. The summed E-state index contributed by atoms with van der Waals surface area (Å²) in [6, 6.07) is 18.1. The average molecular weight is 463 g/mol. The Morgan fingerprint density at radius 2 is 1.71 bits per heavy atom. The third-order valence-electron chi connectivity index (χ3n) is 4.81. The van der Waals surface area contributed by atoms with Gasteiger partial charge in [-0.15, -0.1) is 0 Å². The van der Waals surface area contributed by atoms with Crippen LogP contribution in [0, 0.1) is 13.8 Å². The normalized spacial score (nSPS) is 10.9. The monoisotopic (exact) mass is 463 g/mol. The van der Waals surface area contributed by atoms with Crippen LogP contribution in [0.25, 0.3) is 0 Å². The maximum Gasteiger partial charge on any atom is 0.472 e. The predicted molar refractivity (Wildman–Crippen MR) is 131 cm³/mol. The van der Waals surface area contributed by atoms with Gasteiger partial charge < -0.3 is 25.4 Å². The van der Waals surface area contributed by atoms with E-state index >= 15 is 0 Å². The maximum absolute atomic E-state index is 12.4. The lowest BCUT2D eigenvalue weighted by atomic mass is 9.92. The van der Waals surface area contributed by atoms with Crippen molar-refractivity contribution in [2.45, 2.75) is 26.3 Å². The van der Waals surface area contributed by atoms with Crippen molar-refractivity contribution >= 4 is 18.9 Å². The van der Waals surface area contributed by atoms with E-state index in [4.69, 9.17) is 14.8 Å². The zero-order valence-electron chi connectivity index (χ0n) is 19.6. The number of nitrogens with zero attached hydrogens (tertiary/aromatic N) is 1. The van der Waals surface area contributed by atoms with Crippen molar-refractivity contribution in [1.82, 2.24) is 15.6 Å². The standard InChI is InChI=1S/C17H20BN3O5.C8H10/c1-26-14-6-2-4-12(8-14)15(9-16(22)20-11-18(24)25)21-17(23)13-5-3-7-19-10-13;1-7-3-5-8(2)6-4-7/h2-8,10,15,24-25H,9,11H2,1H3,(H,20,22)(H,21,23);3-6H,1-2H3. The first-order chi connectivity index (χ1) is 16.3. The SMILES string of the molecule is COc1cccc(C(CC(=O)NCB(O)O)NC(=O)c2cccnc2)c1.Cc1ccc(C)cc1. The van der Waals surface area contributed by atoms with Gasteiger partial charge in [-0.1, -0.05) is 47.5 Å². The van der Waals surface area contributed by atoms with Gasteiger partial charge in [-0.2, -0.15) is 0 Å². The molecule has 0 aliphatic rings. The zero-order chi connectivity index (χ0) is 24.9. The van der Waals surface area contributed by atoms with Crippen LogP contribution in [-0.4, -0.2) is 47.5 Å². The number of rotatable bonds is 8. The van der Waals surface area contributed by atoms with Crippen molar-refractivity contribution in [3.63, 3.8) is 0 Å². The molecule has 4 N–H and O–H groups in total. The lowest BCUT2D eigenvalue weighted by Gasteiger charge is -2.19. The average Bonchev–Trinajstić information content (AvgIpc) is 2.85. The molecular formula is C25H30BN3O5. The van der Waals surface area contributed by atoms with Gasteiger partial charge in [0.1, 0.15) is 5.75 Å². The molecule has 0 spiro atoms. The highest BCUT2D eigenvalue weighted by atomic mass is 16.5. The number of pyridine rings is 1. The Kier molecular flexibility index (Phi) is 10.8. The van der Waals surface area contributed by atoms with E-state index in [1.165, 1.54) is 24.4 Å². The van der Waals surface area contributed by atoms with E-state index in [1.54, 1.807) is 42.6 Å². The topological polar surface area (TPSA) is 121 Å². The number of benzene rings is 2. The third kappa shape index (κ3) is 9.44. The number of carbonyl (C=O) groups is 2. The molecule has 0 bridgehead atoms. The Bertz CT molecular complexity index is 1020. The van der Waals surface area contributed by atoms with Gasteiger partial charge in [0, 0.05) is 12.4 Å². The summed E-state index contributed by atoms with van der Waals surface area (Å²) in [7, 11) is -0.114. The molecule has 0 saturated carbocycles. The zero-order valence-corrected chi connectivity index (χ0v) is 19.6. The van der Waals surface area contributed by atoms with E-state index in [0.29, 0.717) is 16.9 Å². The summed E-state index contributed by atoms with van der Waals surface area (Å²) in [5.74, 6) is -0.215. The Labute approximate surface area is 200 Å². The first kappa shape index (κ1) is 26.6. The van der Waals surface area contributed by atoms with Crippen LogP contribution in [0.3, 0.4) is 0 Å². The smallest absolute Gasteiger partial charge is 0.472 e. The Morgan fingerprint density at radius 1 is 1.03 bits per heavy atom. The van der Waals surface area contributed by atoms with Gasteiger partial charge in [0.05, 0.1) is 31.6 Å². The fourth-order valence-corrected chi connectivity index (χ4v) is 2.95. The summed E-state index contributed by atoms with van der Waals surface area (Å²) < 4.78 is 5.19. The summed E-state index contributed by atoms with van der Waals surface area (Å²) in [4.78, 5) is 28.4. The predicted octanol–water partition coefficient (Wildman–Crippen LogP) is 2.38. The molecule has 1 heterocycles. The van der Waals surface area contributed by atoms with Crippen molar-refractivity contribution in [1.29, 1.82) is 0 Å². The minimum absolute atomic E-state index is 0.0775. The fourth-order valence-electron chi connectivity index (χ4n) is 2.95. The van der Waals surface area contributed by atoms with Crippen LogP contribution in [0.1, 0.15) is 39.5 Å². The lowest BCUT2D eigenvalue weighted by molar-refractivity contribution is -0.121. The van der Waals surface area contributed by atoms with Crippen LogP contribution in [-0.2, 0) is 4.79 Å². The first-order valence-electron chi connectivity index (χ1n) is 10.8. The largest absolute Gasteiger partial charge is 0.497 e. The second-order valence-electron chi connectivity index (χ2n) is 7.69. The molecule has 1 unspecified atom stereocenters. The molecule has 178 valence electrons. The van der Waals surface area contributed by atoms with Gasteiger partial charge in [-0.05, 0) is 43.7 Å². The molecular weight excluding hydrogens is 433 g/mol. The number of methoxy groups -OCH3 is 1. The first-order valence-corrected chi connectivity index (χ1v) is 10.8. The van der Waals surface area contributed by atoms with E-state index in [-0.39, 0.29) is 18.8 Å². The van der Waals surface area contributed by atoms with Crippen LogP contribution in [0.15, 0.2) is 73.1 Å². The summed E-state index contributed by atoms with van der Waals surface area (Å²) in [6.45, 7) is 4.19. The molecule has 0 aliphatic carbocycles. The number of aryl methyl sites for hydroxylation is 2. The quantitative estimate of drug-likeness (QED) is 0.381. The summed E-state index contributed by atoms with van der Waals surface area (Å²) in [6.07, 6.45) is 2.62. The summed E-state index contributed by atoms with van der Waals surface area (Å²) in [5, 5.41) is 22.9.